The first-order valence-corrected chi connectivity index (χ1v) is 8.65. The Morgan fingerprint density at radius 1 is 1.15 bits per heavy atom. The second-order valence-electron chi connectivity index (χ2n) is 5.49. The zero-order valence-corrected chi connectivity index (χ0v) is 13.3. The molecule has 1 heterocycles. The van der Waals surface area contributed by atoms with Gasteiger partial charge in [0.2, 0.25) is 0 Å². The topological polar surface area (TPSA) is 0 Å². The molecule has 0 spiro atoms. The summed E-state index contributed by atoms with van der Waals surface area (Å²) in [6, 6.07) is 17.5. The van der Waals surface area contributed by atoms with Crippen molar-refractivity contribution in [3.05, 3.63) is 65.2 Å². The van der Waals surface area contributed by atoms with E-state index in [9.17, 15) is 0 Å². The number of aryl methyl sites for hydroxylation is 1. The van der Waals surface area contributed by atoms with Gasteiger partial charge in [-0.15, -0.1) is 23.4 Å². The summed E-state index contributed by atoms with van der Waals surface area (Å²) in [7, 11) is 0. The van der Waals surface area contributed by atoms with E-state index in [1.807, 2.05) is 11.8 Å². The highest BCUT2D eigenvalue weighted by Crippen LogP contribution is 2.44. The van der Waals surface area contributed by atoms with E-state index in [-0.39, 0.29) is 0 Å². The third kappa shape index (κ3) is 2.75. The van der Waals surface area contributed by atoms with E-state index in [0.717, 1.165) is 6.42 Å². The van der Waals surface area contributed by atoms with Gasteiger partial charge in [-0.25, -0.2) is 0 Å². The van der Waals surface area contributed by atoms with Crippen molar-refractivity contribution in [2.75, 3.05) is 11.6 Å². The van der Waals surface area contributed by atoms with Crippen LogP contribution in [0, 0.1) is 6.92 Å². The molecule has 2 aromatic carbocycles. The fraction of sp³-hybridized carbons (Fsp3) is 0.333. The summed E-state index contributed by atoms with van der Waals surface area (Å²) in [5, 5.41) is 0. The molecule has 0 fully saturated rings. The second-order valence-corrected chi connectivity index (χ2v) is 6.86. The monoisotopic (exact) mass is 302 g/mol. The molecule has 2 atom stereocenters. The van der Waals surface area contributed by atoms with E-state index in [1.165, 1.54) is 27.3 Å². The third-order valence-corrected chi connectivity index (χ3v) is 5.81. The number of hydrogen-bond donors (Lipinski definition) is 0. The highest BCUT2D eigenvalue weighted by molar-refractivity contribution is 7.99. The second kappa shape index (κ2) is 6.24. The van der Waals surface area contributed by atoms with Crippen molar-refractivity contribution >= 4 is 23.4 Å². The normalized spacial score (nSPS) is 18.8. The Bertz CT molecular complexity index is 593. The van der Waals surface area contributed by atoms with Gasteiger partial charge in [-0.05, 0) is 47.9 Å². The van der Waals surface area contributed by atoms with Crippen LogP contribution in [0.5, 0.6) is 0 Å². The lowest BCUT2D eigenvalue weighted by Gasteiger charge is -2.21. The Balaban J connectivity index is 1.82. The quantitative estimate of drug-likeness (QED) is 0.663. The van der Waals surface area contributed by atoms with Gasteiger partial charge in [-0.1, -0.05) is 42.5 Å². The van der Waals surface area contributed by atoms with Crippen LogP contribution < -0.4 is 0 Å². The van der Waals surface area contributed by atoms with Gasteiger partial charge in [-0.3, -0.25) is 0 Å². The summed E-state index contributed by atoms with van der Waals surface area (Å²) in [4.78, 5) is 1.45. The van der Waals surface area contributed by atoms with E-state index in [0.29, 0.717) is 17.7 Å². The van der Waals surface area contributed by atoms with Gasteiger partial charge in [-0.2, -0.15) is 0 Å². The van der Waals surface area contributed by atoms with Gasteiger partial charge in [0.15, 0.2) is 0 Å². The Morgan fingerprint density at radius 3 is 2.70 bits per heavy atom. The first kappa shape index (κ1) is 14.0. The summed E-state index contributed by atoms with van der Waals surface area (Å²) in [6.07, 6.45) is 1.15. The first-order valence-electron chi connectivity index (χ1n) is 7.13. The maximum atomic E-state index is 6.27. The van der Waals surface area contributed by atoms with Gasteiger partial charge in [0.25, 0.3) is 0 Å². The molecule has 0 saturated heterocycles. The van der Waals surface area contributed by atoms with Crippen LogP contribution in [0.3, 0.4) is 0 Å². The number of rotatable bonds is 4. The molecule has 104 valence electrons. The SMILES string of the molecule is Cc1ccccc1C(CCl)CC1CSc2ccccc21. The lowest BCUT2D eigenvalue weighted by Crippen LogP contribution is -2.09. The molecule has 0 bridgehead atoms. The number of alkyl halides is 1. The summed E-state index contributed by atoms with van der Waals surface area (Å²) in [6.45, 7) is 2.19. The molecule has 3 rings (SSSR count). The largest absolute Gasteiger partial charge is 0.126 e. The van der Waals surface area contributed by atoms with E-state index < -0.39 is 0 Å². The lowest BCUT2D eigenvalue weighted by molar-refractivity contribution is 0.602. The van der Waals surface area contributed by atoms with Crippen molar-refractivity contribution < 1.29 is 0 Å². The van der Waals surface area contributed by atoms with Crippen LogP contribution in [0.15, 0.2) is 53.4 Å². The maximum Gasteiger partial charge on any atom is 0.0292 e. The predicted octanol–water partition coefficient (Wildman–Crippen LogP) is 5.60. The molecular weight excluding hydrogens is 284 g/mol. The van der Waals surface area contributed by atoms with Crippen LogP contribution >= 0.6 is 23.4 Å². The van der Waals surface area contributed by atoms with Crippen molar-refractivity contribution in [3.8, 4) is 0 Å². The molecule has 20 heavy (non-hydrogen) atoms. The van der Waals surface area contributed by atoms with Crippen molar-refractivity contribution in [2.45, 2.75) is 30.1 Å². The zero-order valence-electron chi connectivity index (χ0n) is 11.7. The smallest absolute Gasteiger partial charge is 0.0292 e. The summed E-state index contributed by atoms with van der Waals surface area (Å²) in [5.41, 5.74) is 4.29. The number of benzene rings is 2. The summed E-state index contributed by atoms with van der Waals surface area (Å²) < 4.78 is 0. The lowest BCUT2D eigenvalue weighted by atomic mass is 9.85. The number of halogens is 1. The maximum absolute atomic E-state index is 6.27. The molecule has 1 aliphatic heterocycles. The van der Waals surface area contributed by atoms with Crippen molar-refractivity contribution in [1.29, 1.82) is 0 Å². The number of thioether (sulfide) groups is 1. The van der Waals surface area contributed by atoms with Crippen LogP contribution in [-0.2, 0) is 0 Å². The molecule has 0 aromatic heterocycles. The van der Waals surface area contributed by atoms with E-state index in [1.54, 1.807) is 0 Å². The van der Waals surface area contributed by atoms with Crippen LogP contribution in [0.2, 0.25) is 0 Å². The molecule has 0 aliphatic carbocycles. The van der Waals surface area contributed by atoms with Crippen molar-refractivity contribution in [2.24, 2.45) is 0 Å². The Kier molecular flexibility index (Phi) is 4.38. The third-order valence-electron chi connectivity index (χ3n) is 4.18. The molecule has 0 N–H and O–H groups in total. The Labute approximate surface area is 130 Å². The molecule has 0 saturated carbocycles. The zero-order chi connectivity index (χ0) is 13.9. The fourth-order valence-corrected chi connectivity index (χ4v) is 4.65. The average Bonchev–Trinajstić information content (AvgIpc) is 2.89. The standard InChI is InChI=1S/C18H19ClS/c1-13-6-2-3-7-16(13)14(11-19)10-15-12-20-18-9-5-4-8-17(15)18/h2-9,14-15H,10-12H2,1H3. The fourth-order valence-electron chi connectivity index (χ4n) is 3.09. The number of hydrogen-bond acceptors (Lipinski definition) is 1. The molecule has 1 aliphatic rings. The summed E-state index contributed by atoms with van der Waals surface area (Å²) in [5.74, 6) is 2.99. The minimum absolute atomic E-state index is 0.453. The Morgan fingerprint density at radius 2 is 1.90 bits per heavy atom. The molecule has 2 aromatic rings. The molecule has 2 unspecified atom stereocenters. The molecule has 2 heteroatoms. The summed E-state index contributed by atoms with van der Waals surface area (Å²) >= 11 is 8.26. The van der Waals surface area contributed by atoms with Gasteiger partial charge >= 0.3 is 0 Å². The number of fused-ring (bicyclic) bond motifs is 1. The molecular formula is C18H19ClS. The first-order chi connectivity index (χ1) is 9.79. The minimum atomic E-state index is 0.453. The van der Waals surface area contributed by atoms with Gasteiger partial charge in [0.1, 0.15) is 0 Å². The van der Waals surface area contributed by atoms with Gasteiger partial charge in [0, 0.05) is 16.5 Å². The van der Waals surface area contributed by atoms with Gasteiger partial charge in [0.05, 0.1) is 0 Å². The average molecular weight is 303 g/mol. The predicted molar refractivity (Wildman–Crippen MR) is 89.2 cm³/mol. The Hall–Kier alpha value is -0.920. The van der Waals surface area contributed by atoms with E-state index in [4.69, 9.17) is 11.6 Å². The highest BCUT2D eigenvalue weighted by Gasteiger charge is 2.26. The minimum Gasteiger partial charge on any atom is -0.126 e. The van der Waals surface area contributed by atoms with E-state index >= 15 is 0 Å². The van der Waals surface area contributed by atoms with Crippen LogP contribution in [-0.4, -0.2) is 11.6 Å². The molecule has 0 radical (unpaired) electrons. The van der Waals surface area contributed by atoms with Crippen LogP contribution in [0.1, 0.15) is 34.9 Å². The van der Waals surface area contributed by atoms with Crippen molar-refractivity contribution in [1.82, 2.24) is 0 Å². The van der Waals surface area contributed by atoms with Crippen molar-refractivity contribution in [3.63, 3.8) is 0 Å². The van der Waals surface area contributed by atoms with E-state index in [2.05, 4.69) is 55.5 Å². The molecule has 0 amide bonds. The molecule has 0 nitrogen and oxygen atoms in total. The van der Waals surface area contributed by atoms with Crippen LogP contribution in [0.25, 0.3) is 0 Å². The van der Waals surface area contributed by atoms with Crippen LogP contribution in [0.4, 0.5) is 0 Å². The van der Waals surface area contributed by atoms with Gasteiger partial charge < -0.3 is 0 Å². The highest BCUT2D eigenvalue weighted by atomic mass is 35.5.